The van der Waals surface area contributed by atoms with E-state index in [9.17, 15) is 4.79 Å². The maximum atomic E-state index is 11.0. The quantitative estimate of drug-likeness (QED) is 0.508. The van der Waals surface area contributed by atoms with E-state index in [1.165, 1.54) is 25.7 Å². The molecule has 12 heavy (non-hydrogen) atoms. The van der Waals surface area contributed by atoms with E-state index in [-0.39, 0.29) is 0 Å². The first kappa shape index (κ1) is 11.7. The molecule has 0 N–H and O–H groups in total. The van der Waals surface area contributed by atoms with E-state index in [2.05, 4.69) is 6.92 Å². The minimum Gasteiger partial charge on any atom is -0.300 e. The fourth-order valence-corrected chi connectivity index (χ4v) is 1.26. The Morgan fingerprint density at radius 3 is 2.42 bits per heavy atom. The smallest absolute Gasteiger partial charge is 0.133 e. The summed E-state index contributed by atoms with van der Waals surface area (Å²) >= 11 is 0. The van der Waals surface area contributed by atoms with Gasteiger partial charge in [0.15, 0.2) is 0 Å². The molecule has 71 valence electrons. The lowest BCUT2D eigenvalue weighted by atomic mass is 10.1. The van der Waals surface area contributed by atoms with E-state index >= 15 is 0 Å². The van der Waals surface area contributed by atoms with Crippen LogP contribution in [0.2, 0.25) is 0 Å². The number of Topliss-reactive ketones (excluding diaryl/α,β-unsaturated/α-hetero) is 1. The predicted molar refractivity (Wildman–Crippen MR) is 53.0 cm³/mol. The van der Waals surface area contributed by atoms with Crippen LogP contribution in [0.1, 0.15) is 58.8 Å². The molecule has 0 aliphatic heterocycles. The highest BCUT2D eigenvalue weighted by molar-refractivity contribution is 5.79. The molecule has 1 heteroatoms. The van der Waals surface area contributed by atoms with Gasteiger partial charge in [-0.2, -0.15) is 0 Å². The van der Waals surface area contributed by atoms with Gasteiger partial charge < -0.3 is 0 Å². The normalized spacial score (nSPS) is 10.2. The molecule has 0 rings (SSSR count). The van der Waals surface area contributed by atoms with Crippen molar-refractivity contribution in [1.82, 2.24) is 0 Å². The van der Waals surface area contributed by atoms with Gasteiger partial charge in [-0.25, -0.2) is 0 Å². The molecule has 0 aliphatic rings. The topological polar surface area (TPSA) is 17.1 Å². The second kappa shape index (κ2) is 8.76. The number of hydrogen-bond acceptors (Lipinski definition) is 1. The van der Waals surface area contributed by atoms with Gasteiger partial charge in [-0.3, -0.25) is 4.79 Å². The highest BCUT2D eigenvalue weighted by atomic mass is 16.1. The van der Waals surface area contributed by atoms with Gasteiger partial charge in [-0.1, -0.05) is 39.5 Å². The Balaban J connectivity index is 3.03. The minimum absolute atomic E-state index is 0.397. The molecule has 0 spiro atoms. The van der Waals surface area contributed by atoms with Crippen LogP contribution in [0.4, 0.5) is 0 Å². The second-order valence-corrected chi connectivity index (χ2v) is 3.32. The number of unbranched alkanes of at least 4 members (excludes halogenated alkanes) is 4. The number of rotatable bonds is 8. The second-order valence-electron chi connectivity index (χ2n) is 3.32. The third kappa shape index (κ3) is 7.77. The Morgan fingerprint density at radius 1 is 1.17 bits per heavy atom. The zero-order chi connectivity index (χ0) is 9.23. The highest BCUT2D eigenvalue weighted by Gasteiger charge is 1.98. The zero-order valence-electron chi connectivity index (χ0n) is 8.44. The van der Waals surface area contributed by atoms with Crippen LogP contribution in [-0.2, 0) is 4.79 Å². The molecule has 0 aromatic rings. The van der Waals surface area contributed by atoms with Crippen molar-refractivity contribution in [2.75, 3.05) is 0 Å². The van der Waals surface area contributed by atoms with Crippen LogP contribution in [-0.4, -0.2) is 5.78 Å². The molecule has 0 fully saturated rings. The van der Waals surface area contributed by atoms with Crippen molar-refractivity contribution in [2.45, 2.75) is 58.8 Å². The molecule has 0 heterocycles. The Morgan fingerprint density at radius 2 is 1.83 bits per heavy atom. The molecule has 0 saturated heterocycles. The highest BCUT2D eigenvalue weighted by Crippen LogP contribution is 2.06. The maximum absolute atomic E-state index is 11.0. The van der Waals surface area contributed by atoms with Crippen LogP contribution in [0.5, 0.6) is 0 Å². The third-order valence-corrected chi connectivity index (χ3v) is 1.99. The van der Waals surface area contributed by atoms with Crippen molar-refractivity contribution in [1.29, 1.82) is 0 Å². The summed E-state index contributed by atoms with van der Waals surface area (Å²) in [5.74, 6) is 0.397. The third-order valence-electron chi connectivity index (χ3n) is 1.99. The summed E-state index contributed by atoms with van der Waals surface area (Å²) in [7, 11) is 0. The van der Waals surface area contributed by atoms with E-state index in [1.807, 2.05) is 13.3 Å². The summed E-state index contributed by atoms with van der Waals surface area (Å²) in [6.07, 6.45) is 9.58. The molecule has 0 amide bonds. The van der Waals surface area contributed by atoms with Crippen LogP contribution >= 0.6 is 0 Å². The maximum Gasteiger partial charge on any atom is 0.133 e. The fraction of sp³-hybridized carbons (Fsp3) is 0.818. The molecule has 1 radical (unpaired) electrons. The molecule has 0 aromatic heterocycles. The van der Waals surface area contributed by atoms with Crippen molar-refractivity contribution in [3.8, 4) is 0 Å². The van der Waals surface area contributed by atoms with Gasteiger partial charge in [-0.05, 0) is 12.8 Å². The SMILES string of the molecule is C[CH]CC(=O)CCCCCCC. The summed E-state index contributed by atoms with van der Waals surface area (Å²) < 4.78 is 0. The zero-order valence-corrected chi connectivity index (χ0v) is 8.44. The molecule has 1 nitrogen and oxygen atoms in total. The largest absolute Gasteiger partial charge is 0.300 e. The lowest BCUT2D eigenvalue weighted by molar-refractivity contribution is -0.118. The average molecular weight is 169 g/mol. The van der Waals surface area contributed by atoms with Crippen LogP contribution in [0.3, 0.4) is 0 Å². The summed E-state index contributed by atoms with van der Waals surface area (Å²) in [6.45, 7) is 4.15. The van der Waals surface area contributed by atoms with E-state index in [4.69, 9.17) is 0 Å². The first-order chi connectivity index (χ1) is 5.81. The van der Waals surface area contributed by atoms with Gasteiger partial charge in [0.25, 0.3) is 0 Å². The molecule has 0 aromatic carbocycles. The minimum atomic E-state index is 0.397. The lowest BCUT2D eigenvalue weighted by Gasteiger charge is -1.98. The van der Waals surface area contributed by atoms with Crippen LogP contribution in [0, 0.1) is 6.42 Å². The standard InChI is InChI=1S/C11H21O/c1-3-5-6-7-8-10-11(12)9-4-2/h4H,3,5-10H2,1-2H3. The van der Waals surface area contributed by atoms with Crippen LogP contribution < -0.4 is 0 Å². The first-order valence-electron chi connectivity index (χ1n) is 5.10. The van der Waals surface area contributed by atoms with Crippen LogP contribution in [0.25, 0.3) is 0 Å². The Bertz CT molecular complexity index is 108. The predicted octanol–water partition coefficient (Wildman–Crippen LogP) is 3.53. The van der Waals surface area contributed by atoms with Gasteiger partial charge in [0.1, 0.15) is 5.78 Å². The Hall–Kier alpha value is -0.330. The molecule has 0 bridgehead atoms. The number of carbonyl (C=O) groups excluding carboxylic acids is 1. The number of ketones is 1. The molecule has 0 atom stereocenters. The molecule has 0 saturated carbocycles. The Labute approximate surface area is 76.6 Å². The summed E-state index contributed by atoms with van der Waals surface area (Å²) in [5, 5.41) is 0. The van der Waals surface area contributed by atoms with Crippen molar-refractivity contribution in [3.63, 3.8) is 0 Å². The summed E-state index contributed by atoms with van der Waals surface area (Å²) in [4.78, 5) is 11.0. The lowest BCUT2D eigenvalue weighted by Crippen LogP contribution is -1.96. The van der Waals surface area contributed by atoms with E-state index in [0.29, 0.717) is 12.2 Å². The van der Waals surface area contributed by atoms with E-state index in [1.54, 1.807) is 0 Å². The van der Waals surface area contributed by atoms with E-state index in [0.717, 1.165) is 12.8 Å². The number of hydrogen-bond donors (Lipinski definition) is 0. The van der Waals surface area contributed by atoms with Crippen molar-refractivity contribution < 1.29 is 4.79 Å². The van der Waals surface area contributed by atoms with Gasteiger partial charge in [0.2, 0.25) is 0 Å². The Kier molecular flexibility index (Phi) is 8.52. The monoisotopic (exact) mass is 169 g/mol. The molecular formula is C11H21O. The van der Waals surface area contributed by atoms with Gasteiger partial charge >= 0.3 is 0 Å². The first-order valence-corrected chi connectivity index (χ1v) is 5.10. The van der Waals surface area contributed by atoms with Crippen molar-refractivity contribution >= 4 is 5.78 Å². The van der Waals surface area contributed by atoms with E-state index < -0.39 is 0 Å². The fourth-order valence-electron chi connectivity index (χ4n) is 1.26. The molecular weight excluding hydrogens is 148 g/mol. The summed E-state index contributed by atoms with van der Waals surface area (Å²) in [5.41, 5.74) is 0. The number of carbonyl (C=O) groups is 1. The summed E-state index contributed by atoms with van der Waals surface area (Å²) in [6, 6.07) is 0. The van der Waals surface area contributed by atoms with Gasteiger partial charge in [-0.15, -0.1) is 0 Å². The van der Waals surface area contributed by atoms with Crippen LogP contribution in [0.15, 0.2) is 0 Å². The average Bonchev–Trinajstić information content (AvgIpc) is 2.05. The van der Waals surface area contributed by atoms with Crippen molar-refractivity contribution in [3.05, 3.63) is 6.42 Å². The van der Waals surface area contributed by atoms with Crippen molar-refractivity contribution in [2.24, 2.45) is 0 Å². The molecule has 0 unspecified atom stereocenters. The molecule has 0 aliphatic carbocycles. The van der Waals surface area contributed by atoms with Gasteiger partial charge in [0.05, 0.1) is 0 Å². The van der Waals surface area contributed by atoms with Gasteiger partial charge in [0, 0.05) is 12.8 Å².